The molecule has 1 aliphatic carbocycles. The lowest BCUT2D eigenvalue weighted by Crippen LogP contribution is -2.47. The molecular weight excluding hydrogens is 268 g/mol. The average Bonchev–Trinajstić information content (AvgIpc) is 2.27. The fourth-order valence-electron chi connectivity index (χ4n) is 2.15. The number of hydrogen-bond donors (Lipinski definition) is 1. The number of halogens is 1. The lowest BCUT2D eigenvalue weighted by atomic mass is 9.84. The number of nitrogens with one attached hydrogen (secondary N) is 1. The van der Waals surface area contributed by atoms with Crippen molar-refractivity contribution in [2.75, 3.05) is 18.1 Å². The molecule has 0 unspecified atom stereocenters. The molecule has 0 aromatic heterocycles. The number of anilines is 1. The van der Waals surface area contributed by atoms with Crippen LogP contribution < -0.4 is 5.32 Å². The molecule has 1 saturated carbocycles. The van der Waals surface area contributed by atoms with Crippen molar-refractivity contribution in [2.45, 2.75) is 24.0 Å². The van der Waals surface area contributed by atoms with Gasteiger partial charge in [0, 0.05) is 28.6 Å². The molecule has 5 heteroatoms. The van der Waals surface area contributed by atoms with Crippen LogP contribution >= 0.6 is 11.6 Å². The van der Waals surface area contributed by atoms with Gasteiger partial charge < -0.3 is 5.32 Å². The molecule has 0 heterocycles. The third kappa shape index (κ3) is 2.52. The number of rotatable bonds is 4. The van der Waals surface area contributed by atoms with Crippen LogP contribution in [0.4, 0.5) is 5.69 Å². The molecule has 0 spiro atoms. The molecule has 1 atom stereocenters. The Morgan fingerprint density at radius 2 is 2.28 bits per heavy atom. The van der Waals surface area contributed by atoms with Gasteiger partial charge in [0.1, 0.15) is 6.07 Å². The van der Waals surface area contributed by atoms with E-state index < -0.39 is 10.8 Å². The fourth-order valence-corrected chi connectivity index (χ4v) is 3.46. The summed E-state index contributed by atoms with van der Waals surface area (Å²) < 4.78 is 11.6. The van der Waals surface area contributed by atoms with Crippen LogP contribution in [-0.2, 0) is 10.8 Å². The second-order valence-corrected chi connectivity index (χ2v) is 6.86. The highest BCUT2D eigenvalue weighted by atomic mass is 35.5. The highest BCUT2D eigenvalue weighted by molar-refractivity contribution is 7.85. The molecular formula is C13H15ClN2OS. The maximum atomic E-state index is 11.8. The highest BCUT2D eigenvalue weighted by Gasteiger charge is 2.40. The third-order valence-corrected chi connectivity index (χ3v) is 5.58. The van der Waals surface area contributed by atoms with Crippen LogP contribution in [0.25, 0.3) is 0 Å². The highest BCUT2D eigenvalue weighted by Crippen LogP contribution is 2.37. The minimum atomic E-state index is -0.848. The van der Waals surface area contributed by atoms with Crippen molar-refractivity contribution in [3.05, 3.63) is 28.8 Å². The van der Waals surface area contributed by atoms with Crippen molar-refractivity contribution in [2.24, 2.45) is 0 Å². The first-order valence-corrected chi connectivity index (χ1v) is 7.78. The zero-order valence-electron chi connectivity index (χ0n) is 10.2. The summed E-state index contributed by atoms with van der Waals surface area (Å²) in [7, 11) is -0.848. The summed E-state index contributed by atoms with van der Waals surface area (Å²) in [6.45, 7) is 0.630. The van der Waals surface area contributed by atoms with E-state index in [2.05, 4.69) is 11.4 Å². The Balaban J connectivity index is 2.13. The summed E-state index contributed by atoms with van der Waals surface area (Å²) in [6, 6.07) is 7.26. The van der Waals surface area contributed by atoms with Gasteiger partial charge in [0.15, 0.2) is 0 Å². The van der Waals surface area contributed by atoms with Crippen LogP contribution in [0.1, 0.15) is 24.8 Å². The monoisotopic (exact) mass is 282 g/mol. The van der Waals surface area contributed by atoms with Crippen molar-refractivity contribution in [1.82, 2.24) is 0 Å². The quantitative estimate of drug-likeness (QED) is 0.924. The molecule has 1 N–H and O–H groups in total. The molecule has 3 nitrogen and oxygen atoms in total. The normalized spacial score (nSPS) is 18.5. The lowest BCUT2D eigenvalue weighted by molar-refractivity contribution is 0.368. The van der Waals surface area contributed by atoms with Crippen molar-refractivity contribution >= 4 is 28.1 Å². The zero-order chi connectivity index (χ0) is 13.2. The molecule has 0 aliphatic heterocycles. The van der Waals surface area contributed by atoms with E-state index in [0.717, 1.165) is 24.9 Å². The number of nitriles is 1. The first-order chi connectivity index (χ1) is 8.57. The predicted molar refractivity (Wildman–Crippen MR) is 75.3 cm³/mol. The first-order valence-electron chi connectivity index (χ1n) is 5.84. The van der Waals surface area contributed by atoms with Gasteiger partial charge in [-0.15, -0.1) is 0 Å². The van der Waals surface area contributed by atoms with E-state index in [1.54, 1.807) is 24.5 Å². The van der Waals surface area contributed by atoms with Gasteiger partial charge in [-0.2, -0.15) is 5.26 Å². The van der Waals surface area contributed by atoms with E-state index in [1.165, 1.54) is 0 Å². The van der Waals surface area contributed by atoms with Gasteiger partial charge in [-0.05, 0) is 31.0 Å². The van der Waals surface area contributed by atoms with Gasteiger partial charge in [-0.25, -0.2) is 0 Å². The third-order valence-electron chi connectivity index (χ3n) is 3.58. The van der Waals surface area contributed by atoms with E-state index in [4.69, 9.17) is 16.9 Å². The Hall–Kier alpha value is -1.05. The second-order valence-electron chi connectivity index (χ2n) is 4.65. The smallest absolute Gasteiger partial charge is 0.101 e. The molecule has 0 amide bonds. The Bertz CT molecular complexity index is 520. The molecule has 1 aromatic rings. The van der Waals surface area contributed by atoms with Crippen LogP contribution in [0, 0.1) is 11.3 Å². The fraction of sp³-hybridized carbons (Fsp3) is 0.462. The van der Waals surface area contributed by atoms with Gasteiger partial charge in [-0.1, -0.05) is 18.0 Å². The topological polar surface area (TPSA) is 52.9 Å². The lowest BCUT2D eigenvalue weighted by Gasteiger charge is -2.40. The summed E-state index contributed by atoms with van der Waals surface area (Å²) >= 11 is 5.92. The van der Waals surface area contributed by atoms with Crippen molar-refractivity contribution in [1.29, 1.82) is 5.26 Å². The molecule has 2 rings (SSSR count). The summed E-state index contributed by atoms with van der Waals surface area (Å²) in [5.74, 6) is 0. The van der Waals surface area contributed by atoms with Gasteiger partial charge in [0.05, 0.1) is 16.0 Å². The van der Waals surface area contributed by atoms with E-state index >= 15 is 0 Å². The molecule has 1 aliphatic rings. The largest absolute Gasteiger partial charge is 0.382 e. The summed E-state index contributed by atoms with van der Waals surface area (Å²) in [5, 5.41) is 12.8. The molecule has 1 fully saturated rings. The molecule has 96 valence electrons. The van der Waals surface area contributed by atoms with Crippen molar-refractivity contribution < 1.29 is 4.21 Å². The number of nitrogens with zero attached hydrogens (tertiary/aromatic N) is 1. The Kier molecular flexibility index (Phi) is 3.94. The van der Waals surface area contributed by atoms with Gasteiger partial charge in [-0.3, -0.25) is 4.21 Å². The average molecular weight is 283 g/mol. The molecule has 0 bridgehead atoms. The molecule has 0 radical (unpaired) electrons. The Labute approximate surface area is 115 Å². The summed E-state index contributed by atoms with van der Waals surface area (Å²) in [4.78, 5) is 0. The van der Waals surface area contributed by atoms with E-state index in [0.29, 0.717) is 17.1 Å². The van der Waals surface area contributed by atoms with Crippen molar-refractivity contribution in [3.8, 4) is 6.07 Å². The zero-order valence-corrected chi connectivity index (χ0v) is 11.8. The van der Waals surface area contributed by atoms with Gasteiger partial charge in [0.2, 0.25) is 0 Å². The van der Waals surface area contributed by atoms with E-state index in [1.807, 2.05) is 0 Å². The Morgan fingerprint density at radius 3 is 2.78 bits per heavy atom. The number of hydrogen-bond acceptors (Lipinski definition) is 3. The first kappa shape index (κ1) is 13.4. The van der Waals surface area contributed by atoms with Gasteiger partial charge in [0.25, 0.3) is 0 Å². The van der Waals surface area contributed by atoms with Crippen LogP contribution in [0.15, 0.2) is 18.2 Å². The van der Waals surface area contributed by atoms with E-state index in [9.17, 15) is 4.21 Å². The van der Waals surface area contributed by atoms with Crippen LogP contribution in [0.5, 0.6) is 0 Å². The van der Waals surface area contributed by atoms with Gasteiger partial charge >= 0.3 is 0 Å². The second kappa shape index (κ2) is 5.29. The minimum absolute atomic E-state index is 0.130. The molecule has 1 aromatic carbocycles. The summed E-state index contributed by atoms with van der Waals surface area (Å²) in [5.41, 5.74) is 1.29. The van der Waals surface area contributed by atoms with Crippen LogP contribution in [0.3, 0.4) is 0 Å². The SMILES string of the molecule is C[S@](=O)C1(CNc2cc(Cl)ccc2C#N)CCC1. The van der Waals surface area contributed by atoms with E-state index in [-0.39, 0.29) is 4.75 Å². The van der Waals surface area contributed by atoms with Crippen LogP contribution in [0.2, 0.25) is 5.02 Å². The predicted octanol–water partition coefficient (Wildman–Crippen LogP) is 2.92. The molecule has 18 heavy (non-hydrogen) atoms. The van der Waals surface area contributed by atoms with Crippen LogP contribution in [-0.4, -0.2) is 21.8 Å². The standard InChI is InChI=1S/C13H15ClN2OS/c1-18(17)13(5-2-6-13)9-16-12-7-11(14)4-3-10(12)8-15/h3-4,7,16H,2,5-6,9H2,1H3/t18-/m0/s1. The molecule has 0 saturated heterocycles. The maximum Gasteiger partial charge on any atom is 0.101 e. The number of benzene rings is 1. The maximum absolute atomic E-state index is 11.8. The Morgan fingerprint density at radius 1 is 1.56 bits per heavy atom. The summed E-state index contributed by atoms with van der Waals surface area (Å²) in [6.07, 6.45) is 4.84. The van der Waals surface area contributed by atoms with Crippen molar-refractivity contribution in [3.63, 3.8) is 0 Å². The minimum Gasteiger partial charge on any atom is -0.382 e.